The second kappa shape index (κ2) is 6.67. The number of phenolic OH excluding ortho intramolecular Hbond substituents is 3. The zero-order valence-electron chi connectivity index (χ0n) is 15.7. The van der Waals surface area contributed by atoms with Gasteiger partial charge in [-0.25, -0.2) is 0 Å². The Bertz CT molecular complexity index is 1480. The minimum atomic E-state index is -0.340. The van der Waals surface area contributed by atoms with Crippen LogP contribution < -0.4 is 5.43 Å². The lowest BCUT2D eigenvalue weighted by Crippen LogP contribution is -2.03. The summed E-state index contributed by atoms with van der Waals surface area (Å²) >= 11 is 0. The van der Waals surface area contributed by atoms with Gasteiger partial charge >= 0.3 is 0 Å². The van der Waals surface area contributed by atoms with Crippen LogP contribution in [0.5, 0.6) is 17.2 Å². The average molecular weight is 396 g/mol. The number of hydrogen-bond donors (Lipinski definition) is 3. The lowest BCUT2D eigenvalue weighted by Gasteiger charge is -2.13. The van der Waals surface area contributed by atoms with Crippen molar-refractivity contribution in [2.75, 3.05) is 0 Å². The van der Waals surface area contributed by atoms with Gasteiger partial charge in [0.15, 0.2) is 11.5 Å². The zero-order valence-corrected chi connectivity index (χ0v) is 15.7. The molecule has 5 rings (SSSR count). The summed E-state index contributed by atoms with van der Waals surface area (Å²) in [5.74, 6) is -0.620. The third-order valence-electron chi connectivity index (χ3n) is 5.19. The van der Waals surface area contributed by atoms with Crippen LogP contribution in [0.15, 0.2) is 88.1 Å². The van der Waals surface area contributed by atoms with Crippen molar-refractivity contribution < 1.29 is 19.7 Å². The molecular formula is C25H16O5. The molecule has 5 aromatic rings. The summed E-state index contributed by atoms with van der Waals surface area (Å²) in [5, 5.41) is 30.3. The topological polar surface area (TPSA) is 90.9 Å². The minimum absolute atomic E-state index is 0.122. The van der Waals surface area contributed by atoms with Gasteiger partial charge in [-0.15, -0.1) is 0 Å². The predicted octanol–water partition coefficient (Wildman–Crippen LogP) is 5.40. The normalized spacial score (nSPS) is 11.2. The fourth-order valence-corrected chi connectivity index (χ4v) is 3.71. The van der Waals surface area contributed by atoms with Crippen LogP contribution in [-0.4, -0.2) is 15.3 Å². The highest BCUT2D eigenvalue weighted by atomic mass is 16.3. The van der Waals surface area contributed by atoms with Crippen LogP contribution in [0.2, 0.25) is 0 Å². The number of rotatable bonds is 2. The molecule has 0 unspecified atom stereocenters. The highest BCUT2D eigenvalue weighted by Crippen LogP contribution is 2.39. The Kier molecular flexibility index (Phi) is 3.96. The van der Waals surface area contributed by atoms with Gasteiger partial charge in [0.2, 0.25) is 5.43 Å². The molecule has 4 aromatic carbocycles. The molecule has 0 saturated heterocycles. The van der Waals surface area contributed by atoms with Gasteiger partial charge in [-0.05, 0) is 58.7 Å². The first-order valence-electron chi connectivity index (χ1n) is 9.33. The Hall–Kier alpha value is -4.25. The molecule has 0 aliphatic rings. The fraction of sp³-hybridized carbons (Fsp3) is 0. The Morgan fingerprint density at radius 2 is 1.37 bits per heavy atom. The van der Waals surface area contributed by atoms with Crippen molar-refractivity contribution in [1.29, 1.82) is 0 Å². The predicted molar refractivity (Wildman–Crippen MR) is 116 cm³/mol. The number of fused-ring (bicyclic) bond motifs is 2. The molecule has 0 radical (unpaired) electrons. The Morgan fingerprint density at radius 1 is 0.600 bits per heavy atom. The molecule has 0 amide bonds. The van der Waals surface area contributed by atoms with Crippen LogP contribution in [-0.2, 0) is 0 Å². The highest BCUT2D eigenvalue weighted by Gasteiger charge is 2.17. The summed E-state index contributed by atoms with van der Waals surface area (Å²) in [6.45, 7) is 0. The lowest BCUT2D eigenvalue weighted by atomic mass is 9.92. The van der Waals surface area contributed by atoms with Gasteiger partial charge in [-0.3, -0.25) is 4.79 Å². The van der Waals surface area contributed by atoms with Crippen molar-refractivity contribution in [2.45, 2.75) is 0 Å². The van der Waals surface area contributed by atoms with Crippen molar-refractivity contribution in [2.24, 2.45) is 0 Å². The second-order valence-electron chi connectivity index (χ2n) is 7.04. The highest BCUT2D eigenvalue weighted by molar-refractivity contribution is 5.99. The molecule has 0 bridgehead atoms. The molecule has 0 saturated carbocycles. The van der Waals surface area contributed by atoms with E-state index in [2.05, 4.69) is 0 Å². The SMILES string of the molecule is O=c1c2cc(-c3ccc(O)c(O)c3)c(-c3ccccc3)cc2oc2cccc(O)c12. The fourth-order valence-electron chi connectivity index (χ4n) is 3.71. The first-order valence-corrected chi connectivity index (χ1v) is 9.33. The Labute approximate surface area is 170 Å². The number of hydrogen-bond acceptors (Lipinski definition) is 5. The van der Waals surface area contributed by atoms with Crippen LogP contribution >= 0.6 is 0 Å². The quantitative estimate of drug-likeness (QED) is 0.275. The van der Waals surface area contributed by atoms with E-state index in [1.165, 1.54) is 18.2 Å². The van der Waals surface area contributed by atoms with Crippen LogP contribution in [0.25, 0.3) is 44.2 Å². The molecule has 30 heavy (non-hydrogen) atoms. The third kappa shape index (κ3) is 2.76. The largest absolute Gasteiger partial charge is 0.507 e. The van der Waals surface area contributed by atoms with Crippen LogP contribution in [0.4, 0.5) is 0 Å². The summed E-state index contributed by atoms with van der Waals surface area (Å²) in [5.41, 5.74) is 3.38. The van der Waals surface area contributed by atoms with Gasteiger partial charge < -0.3 is 19.7 Å². The van der Waals surface area contributed by atoms with E-state index in [1.54, 1.807) is 30.3 Å². The van der Waals surface area contributed by atoms with Gasteiger partial charge in [0.25, 0.3) is 0 Å². The van der Waals surface area contributed by atoms with Crippen molar-refractivity contribution in [3.63, 3.8) is 0 Å². The van der Waals surface area contributed by atoms with Gasteiger partial charge in [-0.1, -0.05) is 42.5 Å². The first kappa shape index (κ1) is 17.8. The maximum absolute atomic E-state index is 13.2. The summed E-state index contributed by atoms with van der Waals surface area (Å²) in [7, 11) is 0. The first-order chi connectivity index (χ1) is 14.5. The molecule has 1 heterocycles. The molecule has 5 nitrogen and oxygen atoms in total. The molecule has 0 fully saturated rings. The van der Waals surface area contributed by atoms with E-state index in [9.17, 15) is 20.1 Å². The van der Waals surface area contributed by atoms with E-state index >= 15 is 0 Å². The van der Waals surface area contributed by atoms with E-state index in [1.807, 2.05) is 30.3 Å². The smallest absolute Gasteiger partial charge is 0.204 e. The molecule has 0 spiro atoms. The van der Waals surface area contributed by atoms with Crippen molar-refractivity contribution in [3.8, 4) is 39.5 Å². The Balaban J connectivity index is 1.91. The average Bonchev–Trinajstić information content (AvgIpc) is 2.76. The molecule has 0 atom stereocenters. The summed E-state index contributed by atoms with van der Waals surface area (Å²) < 4.78 is 5.95. The summed E-state index contributed by atoms with van der Waals surface area (Å²) in [6, 6.07) is 22.3. The van der Waals surface area contributed by atoms with E-state index < -0.39 is 0 Å². The molecule has 1 aromatic heterocycles. The number of benzene rings is 4. The molecule has 0 aliphatic carbocycles. The van der Waals surface area contributed by atoms with Crippen LogP contribution in [0.1, 0.15) is 0 Å². The molecule has 0 aliphatic heterocycles. The maximum atomic E-state index is 13.2. The molecule has 146 valence electrons. The Morgan fingerprint density at radius 3 is 2.13 bits per heavy atom. The van der Waals surface area contributed by atoms with Gasteiger partial charge in [0, 0.05) is 0 Å². The maximum Gasteiger partial charge on any atom is 0.204 e. The van der Waals surface area contributed by atoms with E-state index in [-0.39, 0.29) is 28.1 Å². The summed E-state index contributed by atoms with van der Waals surface area (Å²) in [6.07, 6.45) is 0. The second-order valence-corrected chi connectivity index (χ2v) is 7.04. The lowest BCUT2D eigenvalue weighted by molar-refractivity contribution is 0.404. The molecular weight excluding hydrogens is 380 g/mol. The van der Waals surface area contributed by atoms with Gasteiger partial charge in [0.1, 0.15) is 22.3 Å². The standard InChI is InChI=1S/C25H16O5/c26-19-10-9-15(11-21(19)28)16-12-18-23(13-17(16)14-5-2-1-3-6-14)30-22-8-4-7-20(27)24(22)25(18)29/h1-13,26-28H. The van der Waals surface area contributed by atoms with Crippen LogP contribution in [0.3, 0.4) is 0 Å². The van der Waals surface area contributed by atoms with Crippen molar-refractivity contribution in [1.82, 2.24) is 0 Å². The van der Waals surface area contributed by atoms with E-state index in [0.717, 1.165) is 11.1 Å². The van der Waals surface area contributed by atoms with Crippen molar-refractivity contribution >= 4 is 21.9 Å². The van der Waals surface area contributed by atoms with Crippen LogP contribution in [0, 0.1) is 0 Å². The van der Waals surface area contributed by atoms with Gasteiger partial charge in [-0.2, -0.15) is 0 Å². The van der Waals surface area contributed by atoms with Crippen molar-refractivity contribution in [3.05, 3.63) is 89.1 Å². The monoisotopic (exact) mass is 396 g/mol. The molecule has 3 N–H and O–H groups in total. The third-order valence-corrected chi connectivity index (χ3v) is 5.19. The van der Waals surface area contributed by atoms with E-state index in [0.29, 0.717) is 27.7 Å². The number of aromatic hydroxyl groups is 3. The minimum Gasteiger partial charge on any atom is -0.507 e. The van der Waals surface area contributed by atoms with Gasteiger partial charge in [0.05, 0.1) is 5.39 Å². The van der Waals surface area contributed by atoms with E-state index in [4.69, 9.17) is 4.42 Å². The zero-order chi connectivity index (χ0) is 20.8. The molecule has 5 heteroatoms. The summed E-state index contributed by atoms with van der Waals surface area (Å²) in [4.78, 5) is 13.2. The number of phenols is 3.